The molecule has 1 saturated heterocycles. The molecule has 0 aromatic heterocycles. The SMILES string of the molecule is COC1(Cl)CN(P)CCO1. The molecule has 1 aliphatic heterocycles. The molecule has 0 aromatic rings. The Kier molecular flexibility index (Phi) is 2.90. The number of hydrogen-bond acceptors (Lipinski definition) is 3. The number of morpholine rings is 1. The Hall–Kier alpha value is 0.600. The van der Waals surface area contributed by atoms with Gasteiger partial charge in [-0.1, -0.05) is 21.0 Å². The summed E-state index contributed by atoms with van der Waals surface area (Å²) in [5.41, 5.74) is 0. The van der Waals surface area contributed by atoms with Crippen molar-refractivity contribution in [1.29, 1.82) is 0 Å². The lowest BCUT2D eigenvalue weighted by Crippen LogP contribution is -2.45. The molecule has 60 valence electrons. The minimum Gasteiger partial charge on any atom is -0.340 e. The molecule has 0 saturated carbocycles. The summed E-state index contributed by atoms with van der Waals surface area (Å²) >= 11 is 5.85. The number of methoxy groups -OCH3 is 1. The lowest BCUT2D eigenvalue weighted by atomic mass is 10.5. The predicted octanol–water partition coefficient (Wildman–Crippen LogP) is 0.648. The third kappa shape index (κ3) is 2.04. The minimum atomic E-state index is -0.931. The summed E-state index contributed by atoms with van der Waals surface area (Å²) < 4.78 is 12.1. The largest absolute Gasteiger partial charge is 0.340 e. The lowest BCUT2D eigenvalue weighted by Gasteiger charge is -2.34. The number of nitrogens with zero attached hydrogens (tertiary/aromatic N) is 1. The molecule has 3 nitrogen and oxygen atoms in total. The molecular formula is C5H11ClNO2P. The highest BCUT2D eigenvalue weighted by Crippen LogP contribution is 2.24. The third-order valence-electron chi connectivity index (χ3n) is 1.39. The first kappa shape index (κ1) is 8.69. The van der Waals surface area contributed by atoms with Crippen molar-refractivity contribution in [3.63, 3.8) is 0 Å². The molecule has 0 amide bonds. The fourth-order valence-electron chi connectivity index (χ4n) is 0.806. The van der Waals surface area contributed by atoms with E-state index in [2.05, 4.69) is 9.39 Å². The maximum atomic E-state index is 5.85. The van der Waals surface area contributed by atoms with Gasteiger partial charge in [0, 0.05) is 13.7 Å². The van der Waals surface area contributed by atoms with Gasteiger partial charge in [-0.2, -0.15) is 0 Å². The van der Waals surface area contributed by atoms with Crippen molar-refractivity contribution < 1.29 is 9.47 Å². The molecule has 0 radical (unpaired) electrons. The van der Waals surface area contributed by atoms with E-state index < -0.39 is 5.25 Å². The first-order valence-electron chi connectivity index (χ1n) is 3.04. The molecule has 10 heavy (non-hydrogen) atoms. The van der Waals surface area contributed by atoms with Gasteiger partial charge >= 0.3 is 0 Å². The summed E-state index contributed by atoms with van der Waals surface area (Å²) in [6, 6.07) is 0. The molecular weight excluding hydrogens is 172 g/mol. The van der Waals surface area contributed by atoms with E-state index in [-0.39, 0.29) is 0 Å². The van der Waals surface area contributed by atoms with Crippen LogP contribution >= 0.6 is 21.0 Å². The Labute approximate surface area is 67.9 Å². The van der Waals surface area contributed by atoms with Crippen molar-refractivity contribution in [1.82, 2.24) is 4.67 Å². The van der Waals surface area contributed by atoms with Gasteiger partial charge in [0.2, 0.25) is 0 Å². The Morgan fingerprint density at radius 3 is 2.90 bits per heavy atom. The number of hydrogen-bond donors (Lipinski definition) is 0. The molecule has 0 spiro atoms. The molecule has 0 N–H and O–H groups in total. The van der Waals surface area contributed by atoms with Gasteiger partial charge in [-0.3, -0.25) is 4.67 Å². The second-order valence-electron chi connectivity index (χ2n) is 2.18. The normalized spacial score (nSPS) is 36.3. The van der Waals surface area contributed by atoms with Gasteiger partial charge in [0.1, 0.15) is 0 Å². The van der Waals surface area contributed by atoms with E-state index in [1.54, 1.807) is 0 Å². The van der Waals surface area contributed by atoms with Gasteiger partial charge in [-0.15, -0.1) is 0 Å². The Balaban J connectivity index is 2.45. The van der Waals surface area contributed by atoms with Crippen LogP contribution in [0.2, 0.25) is 0 Å². The van der Waals surface area contributed by atoms with Crippen molar-refractivity contribution >= 4 is 21.0 Å². The fraction of sp³-hybridized carbons (Fsp3) is 1.00. The zero-order chi connectivity index (χ0) is 7.61. The highest BCUT2D eigenvalue weighted by molar-refractivity contribution is 7.13. The fourth-order valence-corrected chi connectivity index (χ4v) is 1.50. The zero-order valence-electron chi connectivity index (χ0n) is 5.84. The molecule has 2 unspecified atom stereocenters. The summed E-state index contributed by atoms with van der Waals surface area (Å²) in [4.78, 5) is 0. The predicted molar refractivity (Wildman–Crippen MR) is 42.8 cm³/mol. The molecule has 0 aromatic carbocycles. The molecule has 0 bridgehead atoms. The van der Waals surface area contributed by atoms with Gasteiger partial charge in [0.05, 0.1) is 13.2 Å². The van der Waals surface area contributed by atoms with Crippen LogP contribution in [0.4, 0.5) is 0 Å². The van der Waals surface area contributed by atoms with E-state index in [0.29, 0.717) is 13.2 Å². The van der Waals surface area contributed by atoms with Crippen LogP contribution in [0.5, 0.6) is 0 Å². The molecule has 1 fully saturated rings. The van der Waals surface area contributed by atoms with Crippen LogP contribution < -0.4 is 0 Å². The monoisotopic (exact) mass is 183 g/mol. The van der Waals surface area contributed by atoms with Crippen LogP contribution in [-0.2, 0) is 9.47 Å². The van der Waals surface area contributed by atoms with Crippen LogP contribution in [0.25, 0.3) is 0 Å². The van der Waals surface area contributed by atoms with E-state index in [0.717, 1.165) is 6.54 Å². The quantitative estimate of drug-likeness (QED) is 0.440. The Morgan fingerprint density at radius 2 is 2.50 bits per heavy atom. The summed E-state index contributed by atoms with van der Waals surface area (Å²) in [5.74, 6) is 0. The van der Waals surface area contributed by atoms with E-state index in [4.69, 9.17) is 21.1 Å². The van der Waals surface area contributed by atoms with Gasteiger partial charge in [0.25, 0.3) is 5.25 Å². The first-order chi connectivity index (χ1) is 4.66. The smallest absolute Gasteiger partial charge is 0.261 e. The molecule has 2 atom stereocenters. The second kappa shape index (κ2) is 3.33. The average molecular weight is 184 g/mol. The van der Waals surface area contributed by atoms with Crippen LogP contribution in [0.3, 0.4) is 0 Å². The molecule has 1 rings (SSSR count). The number of alkyl halides is 1. The maximum absolute atomic E-state index is 5.85. The molecule has 1 heterocycles. The van der Waals surface area contributed by atoms with Crippen molar-refractivity contribution in [2.24, 2.45) is 0 Å². The van der Waals surface area contributed by atoms with Crippen LogP contribution in [0.1, 0.15) is 0 Å². The van der Waals surface area contributed by atoms with Crippen molar-refractivity contribution in [3.8, 4) is 0 Å². The summed E-state index contributed by atoms with van der Waals surface area (Å²) in [5, 5.41) is -0.931. The van der Waals surface area contributed by atoms with E-state index >= 15 is 0 Å². The van der Waals surface area contributed by atoms with Gasteiger partial charge < -0.3 is 9.47 Å². The van der Waals surface area contributed by atoms with E-state index in [1.165, 1.54) is 7.11 Å². The topological polar surface area (TPSA) is 21.7 Å². The standard InChI is InChI=1S/C5H11ClNO2P/c1-8-5(6)4-7(10)2-3-9-5/h2-4,10H2,1H3. The number of rotatable bonds is 1. The highest BCUT2D eigenvalue weighted by Gasteiger charge is 2.32. The van der Waals surface area contributed by atoms with Crippen molar-refractivity contribution in [2.75, 3.05) is 26.8 Å². The van der Waals surface area contributed by atoms with Gasteiger partial charge in [-0.25, -0.2) is 0 Å². The Morgan fingerprint density at radius 1 is 1.80 bits per heavy atom. The highest BCUT2D eigenvalue weighted by atomic mass is 35.5. The van der Waals surface area contributed by atoms with Crippen LogP contribution in [0.15, 0.2) is 0 Å². The molecule has 0 aliphatic carbocycles. The van der Waals surface area contributed by atoms with E-state index in [9.17, 15) is 0 Å². The zero-order valence-corrected chi connectivity index (χ0v) is 7.75. The molecule has 1 aliphatic rings. The van der Waals surface area contributed by atoms with Crippen molar-refractivity contribution in [2.45, 2.75) is 5.25 Å². The number of halogens is 1. The maximum Gasteiger partial charge on any atom is 0.261 e. The average Bonchev–Trinajstić information content (AvgIpc) is 1.88. The van der Waals surface area contributed by atoms with Crippen LogP contribution in [-0.4, -0.2) is 36.7 Å². The first-order valence-corrected chi connectivity index (χ1v) is 3.93. The number of ether oxygens (including phenoxy) is 2. The van der Waals surface area contributed by atoms with Gasteiger partial charge in [-0.05, 0) is 0 Å². The van der Waals surface area contributed by atoms with Gasteiger partial charge in [0.15, 0.2) is 0 Å². The third-order valence-corrected chi connectivity index (χ3v) is 2.22. The second-order valence-corrected chi connectivity index (χ2v) is 3.49. The van der Waals surface area contributed by atoms with Crippen molar-refractivity contribution in [3.05, 3.63) is 0 Å². The molecule has 5 heteroatoms. The lowest BCUT2D eigenvalue weighted by molar-refractivity contribution is -0.185. The summed E-state index contributed by atoms with van der Waals surface area (Å²) in [6.07, 6.45) is 0. The van der Waals surface area contributed by atoms with Crippen LogP contribution in [0, 0.1) is 0 Å². The summed E-state index contributed by atoms with van der Waals surface area (Å²) in [6.45, 7) is 2.07. The minimum absolute atomic E-state index is 0.579. The van der Waals surface area contributed by atoms with E-state index in [1.807, 2.05) is 4.67 Å². The summed E-state index contributed by atoms with van der Waals surface area (Å²) in [7, 11) is 4.10. The Bertz CT molecular complexity index is 126.